The van der Waals surface area contributed by atoms with Gasteiger partial charge in [0.05, 0.1) is 30.2 Å². The lowest BCUT2D eigenvalue weighted by Crippen LogP contribution is -2.37. The molecule has 206 valence electrons. The number of rotatable bonds is 8. The Bertz CT molecular complexity index is 1290. The summed E-state index contributed by atoms with van der Waals surface area (Å²) in [5.74, 6) is 0.739. The summed E-state index contributed by atoms with van der Waals surface area (Å²) in [6.45, 7) is 14.1. The van der Waals surface area contributed by atoms with E-state index in [1.54, 1.807) is 6.07 Å². The lowest BCUT2D eigenvalue weighted by molar-refractivity contribution is -0.00478. The molecule has 2 aliphatic rings. The van der Waals surface area contributed by atoms with Gasteiger partial charge in [-0.1, -0.05) is 18.6 Å². The Kier molecular flexibility index (Phi) is 8.49. The molecular weight excluding hydrogens is 491 g/mol. The van der Waals surface area contributed by atoms with Crippen LogP contribution in [-0.4, -0.2) is 47.7 Å². The van der Waals surface area contributed by atoms with Gasteiger partial charge >= 0.3 is 0 Å². The summed E-state index contributed by atoms with van der Waals surface area (Å²) >= 11 is 0. The van der Waals surface area contributed by atoms with E-state index in [4.69, 9.17) is 22.1 Å². The number of ether oxygens (including phenoxy) is 1. The average Bonchev–Trinajstić information content (AvgIpc) is 3.36. The topological polar surface area (TPSA) is 72.7 Å². The zero-order chi connectivity index (χ0) is 27.4. The van der Waals surface area contributed by atoms with Crippen molar-refractivity contribution in [3.8, 4) is 16.9 Å². The Balaban J connectivity index is 1.37. The zero-order valence-corrected chi connectivity index (χ0v) is 22.9. The van der Waals surface area contributed by atoms with E-state index >= 15 is 0 Å². The number of halogens is 1. The number of hydrogen-bond acceptors (Lipinski definition) is 5. The van der Waals surface area contributed by atoms with Crippen molar-refractivity contribution in [3.63, 3.8) is 0 Å². The highest BCUT2D eigenvalue weighted by Gasteiger charge is 2.22. The molecule has 0 bridgehead atoms. The van der Waals surface area contributed by atoms with E-state index in [-0.39, 0.29) is 17.8 Å². The Labute approximate surface area is 231 Å². The highest BCUT2D eigenvalue weighted by Crippen LogP contribution is 2.31. The Morgan fingerprint density at radius 3 is 2.49 bits per heavy atom. The van der Waals surface area contributed by atoms with Gasteiger partial charge in [0, 0.05) is 43.0 Å². The molecule has 1 saturated heterocycles. The number of anilines is 2. The first-order chi connectivity index (χ1) is 18.9. The first-order valence-corrected chi connectivity index (χ1v) is 14.2. The summed E-state index contributed by atoms with van der Waals surface area (Å²) < 4.78 is 22.4. The molecular formula is C31H39FN6O. The van der Waals surface area contributed by atoms with Crippen LogP contribution in [0.4, 0.5) is 21.6 Å². The molecule has 3 N–H and O–H groups in total. The quantitative estimate of drug-likeness (QED) is 0.323. The number of hydrogen-bond donors (Lipinski definition) is 2. The third-order valence-corrected chi connectivity index (χ3v) is 7.83. The van der Waals surface area contributed by atoms with Gasteiger partial charge in [0.1, 0.15) is 11.6 Å². The summed E-state index contributed by atoms with van der Waals surface area (Å²) in [6.07, 6.45) is 7.08. The number of nitrogens with one attached hydrogen (secondary N) is 1. The third-order valence-electron chi connectivity index (χ3n) is 7.83. The maximum atomic E-state index is 14.6. The molecule has 0 spiro atoms. The second-order valence-corrected chi connectivity index (χ2v) is 11.2. The van der Waals surface area contributed by atoms with Gasteiger partial charge in [-0.25, -0.2) is 13.9 Å². The van der Waals surface area contributed by atoms with E-state index in [1.165, 1.54) is 24.2 Å². The van der Waals surface area contributed by atoms with Gasteiger partial charge in [0.2, 0.25) is 5.69 Å². The van der Waals surface area contributed by atoms with Crippen molar-refractivity contribution < 1.29 is 9.13 Å². The maximum absolute atomic E-state index is 14.6. The van der Waals surface area contributed by atoms with Crippen LogP contribution in [-0.2, 0) is 4.74 Å². The van der Waals surface area contributed by atoms with Crippen LogP contribution in [0.1, 0.15) is 52.4 Å². The molecule has 39 heavy (non-hydrogen) atoms. The van der Waals surface area contributed by atoms with Crippen molar-refractivity contribution in [1.29, 1.82) is 0 Å². The molecule has 2 atom stereocenters. The summed E-state index contributed by atoms with van der Waals surface area (Å²) in [5.41, 5.74) is 9.73. The Hall–Kier alpha value is -3.41. The molecule has 2 aromatic carbocycles. The molecule has 5 rings (SSSR count). The van der Waals surface area contributed by atoms with Crippen LogP contribution in [0.3, 0.4) is 0 Å². The summed E-state index contributed by atoms with van der Waals surface area (Å²) in [6, 6.07) is 15.4. The fourth-order valence-corrected chi connectivity index (χ4v) is 5.83. The maximum Gasteiger partial charge on any atom is 0.222 e. The second kappa shape index (κ2) is 12.2. The van der Waals surface area contributed by atoms with Gasteiger partial charge in [-0.05, 0) is 82.2 Å². The summed E-state index contributed by atoms with van der Waals surface area (Å²) in [7, 11) is 0. The molecule has 3 aromatic rings. The first-order valence-electron chi connectivity index (χ1n) is 14.2. The van der Waals surface area contributed by atoms with Crippen molar-refractivity contribution in [2.24, 2.45) is 11.7 Å². The van der Waals surface area contributed by atoms with Crippen molar-refractivity contribution in [2.45, 2.75) is 70.6 Å². The monoisotopic (exact) mass is 530 g/mol. The van der Waals surface area contributed by atoms with E-state index in [2.05, 4.69) is 53.2 Å². The molecule has 0 unspecified atom stereocenters. The van der Waals surface area contributed by atoms with E-state index in [1.807, 2.05) is 10.7 Å². The summed E-state index contributed by atoms with van der Waals surface area (Å²) in [5, 5.41) is 8.38. The summed E-state index contributed by atoms with van der Waals surface area (Å²) in [4.78, 5) is 5.67. The van der Waals surface area contributed by atoms with E-state index in [9.17, 15) is 4.39 Å². The van der Waals surface area contributed by atoms with Crippen molar-refractivity contribution in [1.82, 2.24) is 9.78 Å². The molecule has 2 heterocycles. The minimum absolute atomic E-state index is 0.0173. The van der Waals surface area contributed by atoms with Gasteiger partial charge in [-0.15, -0.1) is 5.10 Å². The third kappa shape index (κ3) is 6.60. The first kappa shape index (κ1) is 27.2. The van der Waals surface area contributed by atoms with Crippen molar-refractivity contribution in [3.05, 3.63) is 65.8 Å². The number of piperidine rings is 1. The van der Waals surface area contributed by atoms with Crippen LogP contribution in [0.5, 0.6) is 0 Å². The van der Waals surface area contributed by atoms with Gasteiger partial charge in [0.15, 0.2) is 0 Å². The van der Waals surface area contributed by atoms with Crippen LogP contribution in [0.15, 0.2) is 48.5 Å². The van der Waals surface area contributed by atoms with Crippen molar-refractivity contribution >= 4 is 17.2 Å². The molecule has 1 aliphatic heterocycles. The van der Waals surface area contributed by atoms with E-state index in [0.29, 0.717) is 17.6 Å². The van der Waals surface area contributed by atoms with Gasteiger partial charge in [-0.3, -0.25) is 0 Å². The van der Waals surface area contributed by atoms with Crippen LogP contribution < -0.4 is 16.0 Å². The number of aromatic nitrogens is 2. The van der Waals surface area contributed by atoms with Gasteiger partial charge in [-0.2, -0.15) is 0 Å². The smallest absolute Gasteiger partial charge is 0.222 e. The highest BCUT2D eigenvalue weighted by atomic mass is 19.1. The SMILES string of the molecule is [C-]#[N+]c1ccc(-c2cc(NC[C@H]3CCC[C@H](N)C3)nn2-c2ccc(N3CCC(OC(C)C)CC3)cc2)cc1F. The molecule has 2 fully saturated rings. The van der Waals surface area contributed by atoms with Crippen LogP contribution >= 0.6 is 0 Å². The van der Waals surface area contributed by atoms with Crippen LogP contribution in [0, 0.1) is 18.3 Å². The minimum Gasteiger partial charge on any atom is -0.375 e. The molecule has 7 nitrogen and oxygen atoms in total. The number of nitrogens with two attached hydrogens (primary N) is 1. The lowest BCUT2D eigenvalue weighted by Gasteiger charge is -2.34. The predicted molar refractivity (Wildman–Crippen MR) is 155 cm³/mol. The molecule has 0 radical (unpaired) electrons. The highest BCUT2D eigenvalue weighted by molar-refractivity contribution is 5.69. The van der Waals surface area contributed by atoms with Crippen LogP contribution in [0.2, 0.25) is 0 Å². The molecule has 0 amide bonds. The fourth-order valence-electron chi connectivity index (χ4n) is 5.83. The molecule has 1 saturated carbocycles. The van der Waals surface area contributed by atoms with E-state index < -0.39 is 5.82 Å². The Morgan fingerprint density at radius 1 is 1.08 bits per heavy atom. The number of benzene rings is 2. The zero-order valence-electron chi connectivity index (χ0n) is 22.9. The molecule has 1 aromatic heterocycles. The predicted octanol–water partition coefficient (Wildman–Crippen LogP) is 6.55. The van der Waals surface area contributed by atoms with Gasteiger partial charge < -0.3 is 20.7 Å². The van der Waals surface area contributed by atoms with Crippen LogP contribution in [0.25, 0.3) is 21.8 Å². The van der Waals surface area contributed by atoms with Gasteiger partial charge in [0.25, 0.3) is 0 Å². The largest absolute Gasteiger partial charge is 0.375 e. The number of nitrogens with zero attached hydrogens (tertiary/aromatic N) is 4. The molecule has 8 heteroatoms. The Morgan fingerprint density at radius 2 is 1.82 bits per heavy atom. The standard InChI is InChI=1S/C31H39FN6O/c1-21(2)39-27-13-15-37(16-14-27)25-8-10-26(11-9-25)38-30(23-7-12-29(34-3)28(32)18-23)19-31(36-38)35-20-22-5-4-6-24(33)17-22/h7-12,18-19,21-22,24,27H,4-6,13-17,20,33H2,1-2H3,(H,35,36)/t22-,24-/m0/s1. The van der Waals surface area contributed by atoms with E-state index in [0.717, 1.165) is 68.9 Å². The second-order valence-electron chi connectivity index (χ2n) is 11.2. The average molecular weight is 531 g/mol. The van der Waals surface area contributed by atoms with Crippen molar-refractivity contribution in [2.75, 3.05) is 29.9 Å². The lowest BCUT2D eigenvalue weighted by atomic mass is 9.86. The normalized spacial score (nSPS) is 20.3. The minimum atomic E-state index is -0.527. The fraction of sp³-hybridized carbons (Fsp3) is 0.484. The molecule has 1 aliphatic carbocycles.